The van der Waals surface area contributed by atoms with Gasteiger partial charge in [0.25, 0.3) is 5.91 Å². The maximum absolute atomic E-state index is 13.0. The lowest BCUT2D eigenvalue weighted by Crippen LogP contribution is -2.42. The van der Waals surface area contributed by atoms with Crippen molar-refractivity contribution in [1.82, 2.24) is 5.32 Å². The monoisotopic (exact) mass is 532 g/mol. The zero-order valence-electron chi connectivity index (χ0n) is 9.53. The Morgan fingerprint density at radius 2 is 1.95 bits per heavy atom. The first-order chi connectivity index (χ1) is 8.95. The van der Waals surface area contributed by atoms with Gasteiger partial charge in [0, 0.05) is 7.14 Å². The second kappa shape index (κ2) is 6.23. The Morgan fingerprint density at radius 1 is 1.40 bits per heavy atom. The van der Waals surface area contributed by atoms with Gasteiger partial charge in [-0.15, -0.1) is 0 Å². The third-order valence-electron chi connectivity index (χ3n) is 2.17. The van der Waals surface area contributed by atoms with E-state index in [4.69, 9.17) is 10.3 Å². The summed E-state index contributed by atoms with van der Waals surface area (Å²) in [5.74, 6) is -0.956. The molecular weight excluding hydrogens is 524 g/mol. The number of nitrogen functional groups attached to an aromatic ring is 1. The first kappa shape index (κ1) is 17.8. The van der Waals surface area contributed by atoms with Gasteiger partial charge in [0.15, 0.2) is 0 Å². The zero-order valence-corrected chi connectivity index (χ0v) is 14.7. The molecule has 1 amide bonds. The molecule has 112 valence electrons. The SMILES string of the molecule is Nc1c(I)cc(I)cc1C(=O)NCC(F)(F)S(=O)(=O)O. The highest BCUT2D eigenvalue weighted by Gasteiger charge is 2.44. The fourth-order valence-electron chi connectivity index (χ4n) is 1.14. The second-order valence-electron chi connectivity index (χ2n) is 3.64. The Bertz CT molecular complexity index is 652. The standard InChI is InChI=1S/C9H8F2I2N2O4S/c10-9(11,20(17,18)19)3-15-8(16)5-1-4(12)2-6(13)7(5)14/h1-2H,3,14H2,(H,15,16)(H,17,18,19). The van der Waals surface area contributed by atoms with Crippen molar-refractivity contribution < 1.29 is 26.5 Å². The molecule has 0 bridgehead atoms. The van der Waals surface area contributed by atoms with E-state index in [1.807, 2.05) is 45.2 Å². The van der Waals surface area contributed by atoms with E-state index >= 15 is 0 Å². The van der Waals surface area contributed by atoms with Crippen LogP contribution in [0.4, 0.5) is 14.5 Å². The van der Waals surface area contributed by atoms with Gasteiger partial charge < -0.3 is 11.1 Å². The average molecular weight is 532 g/mol. The predicted octanol–water partition coefficient (Wildman–Crippen LogP) is 1.69. The zero-order chi connectivity index (χ0) is 15.7. The number of benzene rings is 1. The number of alkyl halides is 2. The summed E-state index contributed by atoms with van der Waals surface area (Å²) in [6, 6.07) is 3.05. The molecule has 0 aliphatic carbocycles. The second-order valence-corrected chi connectivity index (χ2v) is 7.60. The first-order valence-electron chi connectivity index (χ1n) is 4.83. The molecule has 0 fully saturated rings. The predicted molar refractivity (Wildman–Crippen MR) is 85.1 cm³/mol. The van der Waals surface area contributed by atoms with Crippen LogP contribution in [0.3, 0.4) is 0 Å². The van der Waals surface area contributed by atoms with Crippen molar-refractivity contribution >= 4 is 66.9 Å². The fourth-order valence-corrected chi connectivity index (χ4v) is 3.24. The van der Waals surface area contributed by atoms with Gasteiger partial charge in [-0.2, -0.15) is 17.2 Å². The highest BCUT2D eigenvalue weighted by Crippen LogP contribution is 2.24. The molecule has 0 atom stereocenters. The van der Waals surface area contributed by atoms with Crippen LogP contribution in [-0.4, -0.2) is 30.7 Å². The quantitative estimate of drug-likeness (QED) is 0.311. The Kier molecular flexibility index (Phi) is 5.53. The lowest BCUT2D eigenvalue weighted by Gasteiger charge is -2.14. The highest BCUT2D eigenvalue weighted by molar-refractivity contribution is 14.1. The van der Waals surface area contributed by atoms with Crippen molar-refractivity contribution in [2.45, 2.75) is 5.25 Å². The van der Waals surface area contributed by atoms with E-state index in [-0.39, 0.29) is 11.3 Å². The number of amides is 1. The van der Waals surface area contributed by atoms with Gasteiger partial charge in [-0.05, 0) is 57.3 Å². The van der Waals surface area contributed by atoms with Crippen molar-refractivity contribution in [3.05, 3.63) is 24.8 Å². The van der Waals surface area contributed by atoms with Crippen molar-refractivity contribution in [3.63, 3.8) is 0 Å². The Morgan fingerprint density at radius 3 is 2.45 bits per heavy atom. The number of hydrogen-bond acceptors (Lipinski definition) is 4. The van der Waals surface area contributed by atoms with Gasteiger partial charge in [0.2, 0.25) is 0 Å². The van der Waals surface area contributed by atoms with E-state index in [1.54, 1.807) is 11.4 Å². The van der Waals surface area contributed by atoms with Crippen LogP contribution in [0.1, 0.15) is 10.4 Å². The van der Waals surface area contributed by atoms with Crippen LogP contribution in [0.25, 0.3) is 0 Å². The Hall–Kier alpha value is -0.280. The molecule has 4 N–H and O–H groups in total. The minimum Gasteiger partial charge on any atom is -0.397 e. The van der Waals surface area contributed by atoms with E-state index < -0.39 is 27.8 Å². The van der Waals surface area contributed by atoms with Gasteiger partial charge >= 0.3 is 15.4 Å². The summed E-state index contributed by atoms with van der Waals surface area (Å²) in [5, 5.41) is -2.74. The molecule has 20 heavy (non-hydrogen) atoms. The van der Waals surface area contributed by atoms with Crippen molar-refractivity contribution in [2.24, 2.45) is 0 Å². The summed E-state index contributed by atoms with van der Waals surface area (Å²) < 4.78 is 56.3. The van der Waals surface area contributed by atoms with Crippen LogP contribution in [0.5, 0.6) is 0 Å². The van der Waals surface area contributed by atoms with Gasteiger partial charge in [0.1, 0.15) is 0 Å². The minimum absolute atomic E-state index is 0.0487. The fraction of sp³-hybridized carbons (Fsp3) is 0.222. The van der Waals surface area contributed by atoms with Crippen molar-refractivity contribution in [3.8, 4) is 0 Å². The molecule has 0 saturated carbocycles. The van der Waals surface area contributed by atoms with E-state index in [2.05, 4.69) is 0 Å². The summed E-state index contributed by atoms with van der Waals surface area (Å²) in [6.07, 6.45) is 0. The summed E-state index contributed by atoms with van der Waals surface area (Å²) in [6.45, 7) is -1.55. The number of carbonyl (C=O) groups excluding carboxylic acids is 1. The van der Waals surface area contributed by atoms with Crippen molar-refractivity contribution in [1.29, 1.82) is 0 Å². The Labute approximate surface area is 140 Å². The largest absolute Gasteiger partial charge is 0.397 e. The average Bonchev–Trinajstić information content (AvgIpc) is 2.29. The maximum atomic E-state index is 13.0. The molecule has 0 saturated heterocycles. The molecular formula is C9H8F2I2N2O4S. The lowest BCUT2D eigenvalue weighted by atomic mass is 10.1. The van der Waals surface area contributed by atoms with E-state index in [9.17, 15) is 22.0 Å². The third-order valence-corrected chi connectivity index (χ3v) is 4.59. The summed E-state index contributed by atoms with van der Waals surface area (Å²) in [5.41, 5.74) is 5.70. The molecule has 0 heterocycles. The van der Waals surface area contributed by atoms with E-state index in [0.29, 0.717) is 7.14 Å². The number of rotatable bonds is 4. The molecule has 0 spiro atoms. The third kappa shape index (κ3) is 4.11. The molecule has 1 aromatic rings. The maximum Gasteiger partial charge on any atom is 0.386 e. The molecule has 0 aromatic heterocycles. The van der Waals surface area contributed by atoms with Gasteiger partial charge in [-0.3, -0.25) is 9.35 Å². The lowest BCUT2D eigenvalue weighted by molar-refractivity contribution is 0.0700. The molecule has 0 aliphatic heterocycles. The van der Waals surface area contributed by atoms with E-state index in [1.165, 1.54) is 6.07 Å². The molecule has 0 radical (unpaired) electrons. The molecule has 1 aromatic carbocycles. The van der Waals surface area contributed by atoms with Crippen LogP contribution >= 0.6 is 45.2 Å². The number of nitrogens with two attached hydrogens (primary N) is 1. The number of hydrogen-bond donors (Lipinski definition) is 3. The summed E-state index contributed by atoms with van der Waals surface area (Å²) in [4.78, 5) is 11.7. The van der Waals surface area contributed by atoms with Crippen LogP contribution in [-0.2, 0) is 10.1 Å². The van der Waals surface area contributed by atoms with Crippen LogP contribution in [0.15, 0.2) is 12.1 Å². The first-order valence-corrected chi connectivity index (χ1v) is 8.43. The highest BCUT2D eigenvalue weighted by atomic mass is 127. The number of nitrogens with one attached hydrogen (secondary N) is 1. The molecule has 1 rings (SSSR count). The normalized spacial score (nSPS) is 12.2. The molecule has 6 nitrogen and oxygen atoms in total. The van der Waals surface area contributed by atoms with Crippen molar-refractivity contribution in [2.75, 3.05) is 12.3 Å². The van der Waals surface area contributed by atoms with E-state index in [0.717, 1.165) is 0 Å². The summed E-state index contributed by atoms with van der Waals surface area (Å²) in [7, 11) is -5.59. The summed E-state index contributed by atoms with van der Waals surface area (Å²) >= 11 is 3.79. The van der Waals surface area contributed by atoms with Gasteiger partial charge in [0.05, 0.1) is 17.8 Å². The van der Waals surface area contributed by atoms with Gasteiger partial charge in [-0.25, -0.2) is 0 Å². The van der Waals surface area contributed by atoms with Crippen LogP contribution < -0.4 is 11.1 Å². The smallest absolute Gasteiger partial charge is 0.386 e. The molecule has 11 heteroatoms. The van der Waals surface area contributed by atoms with Gasteiger partial charge in [-0.1, -0.05) is 0 Å². The number of anilines is 1. The minimum atomic E-state index is -5.59. The van der Waals surface area contributed by atoms with Crippen LogP contribution in [0.2, 0.25) is 0 Å². The van der Waals surface area contributed by atoms with Crippen LogP contribution in [0, 0.1) is 7.14 Å². The Balaban J connectivity index is 2.94. The molecule has 0 aliphatic rings. The number of carbonyl (C=O) groups is 1. The topological polar surface area (TPSA) is 109 Å². The number of halogens is 4. The molecule has 0 unspecified atom stereocenters.